The molecule has 0 saturated heterocycles. The number of nitrogens with zero attached hydrogens (tertiary/aromatic N) is 1. The maximum atomic E-state index is 13.0. The van der Waals surface area contributed by atoms with E-state index in [-0.39, 0.29) is 32.2 Å². The van der Waals surface area contributed by atoms with Crippen LogP contribution in [0.15, 0.2) is 134 Å². The predicted molar refractivity (Wildman–Crippen MR) is 373 cm³/mol. The van der Waals surface area contributed by atoms with E-state index in [1.54, 1.807) is 0 Å². The molecule has 0 aliphatic heterocycles. The molecule has 0 heterocycles. The Morgan fingerprint density at radius 2 is 0.655 bits per heavy atom. The first-order valence-corrected chi connectivity index (χ1v) is 35.3. The standard InChI is InChI=1S/C78H131NO8/c1-6-8-10-12-14-16-18-20-22-24-26-28-30-32-34-35-36-37-38-39-40-41-43-45-47-49-51-53-55-57-59-61-63-65-67-69-76(81)87-74(73-86-78(77(82)83)84-71-70-79(3,4)5)72-85-75(80)68-66-64-62-60-58-56-54-52-50-48-46-44-42-33-31-29-27-25-23-21-19-17-15-13-11-9-7-2/h8,10,14,16,19-22,25-28,31-34,36-37,39-40,43,45,74,78H,6-7,9,11-13,15,17-18,23-24,29-30,35,38,41-42,44,46-73H2,1-5H3/p+1/b10-8-,16-14-,21-19-,22-20-,27-25-,28-26-,33-31-,34-32-,37-36-,40-39-,45-43-. The number of quaternary nitrogens is 1. The zero-order chi connectivity index (χ0) is 63.3. The Balaban J connectivity index is 4.17. The first-order chi connectivity index (χ1) is 42.6. The van der Waals surface area contributed by atoms with Crippen LogP contribution in [0.1, 0.15) is 284 Å². The van der Waals surface area contributed by atoms with E-state index in [4.69, 9.17) is 18.9 Å². The number of rotatable bonds is 64. The van der Waals surface area contributed by atoms with Gasteiger partial charge in [0.15, 0.2) is 6.10 Å². The van der Waals surface area contributed by atoms with Crippen molar-refractivity contribution in [3.63, 3.8) is 0 Å². The van der Waals surface area contributed by atoms with Crippen LogP contribution in [0.4, 0.5) is 0 Å². The summed E-state index contributed by atoms with van der Waals surface area (Å²) >= 11 is 0. The van der Waals surface area contributed by atoms with Gasteiger partial charge >= 0.3 is 17.9 Å². The lowest BCUT2D eigenvalue weighted by atomic mass is 10.0. The molecule has 0 aliphatic carbocycles. The van der Waals surface area contributed by atoms with Crippen LogP contribution in [0.3, 0.4) is 0 Å². The van der Waals surface area contributed by atoms with Gasteiger partial charge in [-0.05, 0) is 116 Å². The van der Waals surface area contributed by atoms with E-state index in [0.717, 1.165) is 109 Å². The highest BCUT2D eigenvalue weighted by molar-refractivity contribution is 5.71. The monoisotopic (exact) mass is 1210 g/mol. The molecule has 0 aromatic heterocycles. The number of carboxylic acids is 1. The minimum atomic E-state index is -1.52. The number of unbranched alkanes of at least 4 members (excludes halogenated alkanes) is 27. The lowest BCUT2D eigenvalue weighted by Crippen LogP contribution is -2.40. The smallest absolute Gasteiger partial charge is 0.361 e. The van der Waals surface area contributed by atoms with Gasteiger partial charge in [0.2, 0.25) is 0 Å². The summed E-state index contributed by atoms with van der Waals surface area (Å²) in [5, 5.41) is 9.75. The number of carbonyl (C=O) groups is 3. The third-order valence-corrected chi connectivity index (χ3v) is 14.9. The van der Waals surface area contributed by atoms with Crippen LogP contribution in [-0.4, -0.2) is 87.4 Å². The zero-order valence-corrected chi connectivity index (χ0v) is 56.6. The summed E-state index contributed by atoms with van der Waals surface area (Å²) in [5.41, 5.74) is 0. The van der Waals surface area contributed by atoms with Gasteiger partial charge in [-0.3, -0.25) is 9.59 Å². The number of carbonyl (C=O) groups excluding carboxylic acids is 2. The van der Waals surface area contributed by atoms with E-state index in [9.17, 15) is 19.5 Å². The lowest BCUT2D eigenvalue weighted by Gasteiger charge is -2.25. The Bertz CT molecular complexity index is 1890. The average Bonchev–Trinajstić information content (AvgIpc) is 3.56. The summed E-state index contributed by atoms with van der Waals surface area (Å²) in [6, 6.07) is 0. The van der Waals surface area contributed by atoms with Crippen LogP contribution in [0.2, 0.25) is 0 Å². The molecule has 0 aliphatic rings. The number of aliphatic carboxylic acids is 1. The highest BCUT2D eigenvalue weighted by Crippen LogP contribution is 2.16. The number of hydrogen-bond donors (Lipinski definition) is 1. The minimum absolute atomic E-state index is 0.181. The molecule has 0 rings (SSSR count). The number of esters is 2. The second-order valence-corrected chi connectivity index (χ2v) is 24.5. The molecule has 0 radical (unpaired) electrons. The number of ether oxygens (including phenoxy) is 4. The molecule has 9 heteroatoms. The summed E-state index contributed by atoms with van der Waals surface area (Å²) in [7, 11) is 5.97. The number of hydrogen-bond acceptors (Lipinski definition) is 7. The predicted octanol–water partition coefficient (Wildman–Crippen LogP) is 22.1. The van der Waals surface area contributed by atoms with Gasteiger partial charge in [0.05, 0.1) is 34.4 Å². The van der Waals surface area contributed by atoms with Gasteiger partial charge in [0.1, 0.15) is 13.2 Å². The van der Waals surface area contributed by atoms with Crippen LogP contribution in [0.25, 0.3) is 0 Å². The SMILES string of the molecule is CC/C=C\C/C=C\C/C=C\C/C=C\C/C=C\C/C=C\C/C=C\C/C=C\CCCCCCCCCCCCC(=O)OC(COC(=O)CCCCCCCCCCCCCC/C=C\C/C=C\C/C=C\CCCCCCC)COC(OCC[N+](C)(C)C)C(=O)O. The van der Waals surface area contributed by atoms with Crippen LogP contribution in [-0.2, 0) is 33.3 Å². The molecule has 1 N–H and O–H groups in total. The van der Waals surface area contributed by atoms with Crippen molar-refractivity contribution in [1.29, 1.82) is 0 Å². The third kappa shape index (κ3) is 68.8. The van der Waals surface area contributed by atoms with E-state index in [1.807, 2.05) is 21.1 Å². The third-order valence-electron chi connectivity index (χ3n) is 14.9. The van der Waals surface area contributed by atoms with Crippen molar-refractivity contribution in [2.75, 3.05) is 47.5 Å². The van der Waals surface area contributed by atoms with Crippen molar-refractivity contribution in [3.8, 4) is 0 Å². The number of likely N-dealkylation sites (N-methyl/N-ethyl adjacent to an activating group) is 1. The number of carboxylic acid groups (broad SMARTS) is 1. The summed E-state index contributed by atoms with van der Waals surface area (Å²) in [6.07, 6.45) is 94.1. The Kier molecular flexibility index (Phi) is 63.8. The molecule has 496 valence electrons. The fraction of sp³-hybridized carbons (Fsp3) is 0.679. The molecule has 87 heavy (non-hydrogen) atoms. The van der Waals surface area contributed by atoms with E-state index in [0.29, 0.717) is 23.9 Å². The van der Waals surface area contributed by atoms with E-state index < -0.39 is 24.3 Å². The Hall–Kier alpha value is -4.57. The van der Waals surface area contributed by atoms with Crippen LogP contribution in [0, 0.1) is 0 Å². The molecule has 0 aromatic rings. The molecular formula is C78H132NO8+. The molecule has 2 unspecified atom stereocenters. The largest absolute Gasteiger partial charge is 0.477 e. The van der Waals surface area contributed by atoms with Gasteiger partial charge in [-0.2, -0.15) is 0 Å². The molecule has 0 amide bonds. The highest BCUT2D eigenvalue weighted by Gasteiger charge is 2.25. The Labute approximate surface area is 535 Å². The van der Waals surface area contributed by atoms with Gasteiger partial charge in [0.25, 0.3) is 6.29 Å². The first kappa shape index (κ1) is 82.4. The van der Waals surface area contributed by atoms with Gasteiger partial charge in [0, 0.05) is 12.8 Å². The molecule has 2 atom stereocenters. The Morgan fingerprint density at radius 1 is 0.356 bits per heavy atom. The number of allylic oxidation sites excluding steroid dienone is 22. The quantitative estimate of drug-likeness (QED) is 0.0211. The maximum absolute atomic E-state index is 13.0. The summed E-state index contributed by atoms with van der Waals surface area (Å²) in [6.45, 7) is 4.75. The van der Waals surface area contributed by atoms with Crippen molar-refractivity contribution in [2.45, 2.75) is 296 Å². The molecular weight excluding hydrogens is 1080 g/mol. The van der Waals surface area contributed by atoms with Gasteiger partial charge in [-0.1, -0.05) is 289 Å². The van der Waals surface area contributed by atoms with Crippen molar-refractivity contribution in [1.82, 2.24) is 0 Å². The normalized spacial score (nSPS) is 13.5. The second kappa shape index (κ2) is 67.4. The van der Waals surface area contributed by atoms with Gasteiger partial charge in [-0.25, -0.2) is 4.79 Å². The van der Waals surface area contributed by atoms with Crippen molar-refractivity contribution >= 4 is 17.9 Å². The van der Waals surface area contributed by atoms with Crippen LogP contribution in [0.5, 0.6) is 0 Å². The second-order valence-electron chi connectivity index (χ2n) is 24.5. The van der Waals surface area contributed by atoms with E-state index >= 15 is 0 Å². The van der Waals surface area contributed by atoms with Crippen LogP contribution < -0.4 is 0 Å². The van der Waals surface area contributed by atoms with E-state index in [2.05, 4.69) is 148 Å². The first-order valence-electron chi connectivity index (χ1n) is 35.3. The Morgan fingerprint density at radius 3 is 0.977 bits per heavy atom. The van der Waals surface area contributed by atoms with Crippen molar-refractivity contribution in [3.05, 3.63) is 134 Å². The molecule has 0 aromatic carbocycles. The van der Waals surface area contributed by atoms with Crippen LogP contribution >= 0.6 is 0 Å². The maximum Gasteiger partial charge on any atom is 0.361 e. The highest BCUT2D eigenvalue weighted by atomic mass is 16.7. The summed E-state index contributed by atoms with van der Waals surface area (Å²) in [5.74, 6) is -2.02. The minimum Gasteiger partial charge on any atom is -0.477 e. The fourth-order valence-corrected chi connectivity index (χ4v) is 9.51. The molecule has 9 nitrogen and oxygen atoms in total. The van der Waals surface area contributed by atoms with Gasteiger partial charge < -0.3 is 28.5 Å². The molecule has 0 bridgehead atoms. The van der Waals surface area contributed by atoms with E-state index in [1.165, 1.54) is 141 Å². The topological polar surface area (TPSA) is 108 Å². The molecule has 0 spiro atoms. The zero-order valence-electron chi connectivity index (χ0n) is 56.6. The molecule has 0 fully saturated rings. The average molecular weight is 1210 g/mol. The molecule has 0 saturated carbocycles. The van der Waals surface area contributed by atoms with Crippen molar-refractivity contribution in [2.24, 2.45) is 0 Å². The van der Waals surface area contributed by atoms with Crippen molar-refractivity contribution < 1.29 is 42.9 Å². The summed E-state index contributed by atoms with van der Waals surface area (Å²) < 4.78 is 23.0. The van der Waals surface area contributed by atoms with Gasteiger partial charge in [-0.15, -0.1) is 0 Å². The fourth-order valence-electron chi connectivity index (χ4n) is 9.51. The summed E-state index contributed by atoms with van der Waals surface area (Å²) in [4.78, 5) is 37.6. The lowest BCUT2D eigenvalue weighted by molar-refractivity contribution is -0.870.